The summed E-state index contributed by atoms with van der Waals surface area (Å²) < 4.78 is 5.27. The van der Waals surface area contributed by atoms with E-state index in [-0.39, 0.29) is 17.9 Å². The summed E-state index contributed by atoms with van der Waals surface area (Å²) in [4.78, 5) is 29.8. The largest absolute Gasteiger partial charge is 0.497 e. The first-order valence-electron chi connectivity index (χ1n) is 9.37. The molecule has 0 aliphatic carbocycles. The van der Waals surface area contributed by atoms with Gasteiger partial charge < -0.3 is 19.9 Å². The van der Waals surface area contributed by atoms with E-state index in [4.69, 9.17) is 4.74 Å². The smallest absolute Gasteiger partial charge is 0.272 e. The second-order valence-corrected chi connectivity index (χ2v) is 7.19. The fourth-order valence-corrected chi connectivity index (χ4v) is 3.78. The molecule has 1 fully saturated rings. The lowest BCUT2D eigenvalue weighted by atomic mass is 10.1. The molecule has 4 rings (SSSR count). The first-order chi connectivity index (χ1) is 13.5. The molecule has 3 aromatic rings. The predicted octanol–water partition coefficient (Wildman–Crippen LogP) is 4.25. The van der Waals surface area contributed by atoms with Crippen LogP contribution >= 0.6 is 0 Å². The van der Waals surface area contributed by atoms with Crippen molar-refractivity contribution in [3.05, 3.63) is 53.7 Å². The molecule has 2 N–H and O–H groups in total. The highest BCUT2D eigenvalue weighted by Gasteiger charge is 2.28. The Balaban J connectivity index is 1.54. The average molecular weight is 377 g/mol. The molecule has 6 heteroatoms. The molecule has 0 bridgehead atoms. The topological polar surface area (TPSA) is 74.4 Å². The van der Waals surface area contributed by atoms with Crippen LogP contribution in [-0.4, -0.2) is 29.9 Å². The molecule has 0 saturated carbocycles. The average Bonchev–Trinajstić information content (AvgIpc) is 3.21. The minimum absolute atomic E-state index is 0.147. The van der Waals surface area contributed by atoms with Crippen LogP contribution in [0, 0.1) is 6.92 Å². The molecule has 2 amide bonds. The summed E-state index contributed by atoms with van der Waals surface area (Å²) >= 11 is 0. The predicted molar refractivity (Wildman–Crippen MR) is 110 cm³/mol. The van der Waals surface area contributed by atoms with E-state index in [1.807, 2.05) is 61.2 Å². The first-order valence-corrected chi connectivity index (χ1v) is 9.37. The summed E-state index contributed by atoms with van der Waals surface area (Å²) in [6, 6.07) is 13.3. The summed E-state index contributed by atoms with van der Waals surface area (Å²) in [6.07, 6.45) is 1.46. The highest BCUT2D eigenvalue weighted by molar-refractivity contribution is 6.08. The van der Waals surface area contributed by atoms with Gasteiger partial charge in [-0.1, -0.05) is 0 Å². The Labute approximate surface area is 163 Å². The van der Waals surface area contributed by atoms with Crippen molar-refractivity contribution in [1.82, 2.24) is 4.98 Å². The first kappa shape index (κ1) is 18.1. The van der Waals surface area contributed by atoms with Gasteiger partial charge in [-0.25, -0.2) is 0 Å². The minimum Gasteiger partial charge on any atom is -0.497 e. The van der Waals surface area contributed by atoms with E-state index in [9.17, 15) is 9.59 Å². The number of hydrogen-bond acceptors (Lipinski definition) is 3. The third-order valence-corrected chi connectivity index (χ3v) is 5.38. The van der Waals surface area contributed by atoms with Crippen LogP contribution in [-0.2, 0) is 4.79 Å². The number of H-pyrrole nitrogens is 1. The van der Waals surface area contributed by atoms with Crippen LogP contribution in [0.15, 0.2) is 42.5 Å². The van der Waals surface area contributed by atoms with Gasteiger partial charge in [0.25, 0.3) is 5.91 Å². The molecule has 144 valence electrons. The van der Waals surface area contributed by atoms with Crippen LogP contribution in [0.4, 0.5) is 11.4 Å². The van der Waals surface area contributed by atoms with Crippen molar-refractivity contribution < 1.29 is 14.3 Å². The number of aromatic nitrogens is 1. The highest BCUT2D eigenvalue weighted by atomic mass is 16.5. The Hall–Kier alpha value is -3.28. The molecule has 1 saturated heterocycles. The lowest BCUT2D eigenvalue weighted by Gasteiger charge is -2.21. The lowest BCUT2D eigenvalue weighted by Crippen LogP contribution is -2.30. The summed E-state index contributed by atoms with van der Waals surface area (Å²) in [5, 5.41) is 3.88. The number of carbonyl (C=O) groups excluding carboxylic acids is 2. The number of aryl methyl sites for hydroxylation is 1. The van der Waals surface area contributed by atoms with E-state index in [2.05, 4.69) is 10.3 Å². The molecule has 1 aliphatic heterocycles. The van der Waals surface area contributed by atoms with Crippen molar-refractivity contribution in [1.29, 1.82) is 0 Å². The molecule has 1 aromatic heterocycles. The second kappa shape index (κ2) is 7.03. The Morgan fingerprint density at radius 2 is 1.96 bits per heavy atom. The minimum atomic E-state index is -0.203. The van der Waals surface area contributed by atoms with Crippen molar-refractivity contribution in [2.24, 2.45) is 0 Å². The maximum atomic E-state index is 12.8. The zero-order chi connectivity index (χ0) is 19.8. The number of methoxy groups -OCH3 is 1. The van der Waals surface area contributed by atoms with E-state index in [0.717, 1.165) is 34.3 Å². The van der Waals surface area contributed by atoms with Crippen LogP contribution in [0.1, 0.15) is 35.8 Å². The second-order valence-electron chi connectivity index (χ2n) is 7.19. The number of nitrogens with zero attached hydrogens (tertiary/aromatic N) is 1. The maximum Gasteiger partial charge on any atom is 0.272 e. The molecule has 2 heterocycles. The number of anilines is 2. The fourth-order valence-electron chi connectivity index (χ4n) is 3.78. The Kier molecular flexibility index (Phi) is 4.55. The van der Waals surface area contributed by atoms with E-state index >= 15 is 0 Å². The van der Waals surface area contributed by atoms with Crippen LogP contribution in [0.2, 0.25) is 0 Å². The van der Waals surface area contributed by atoms with Crippen LogP contribution in [0.25, 0.3) is 10.9 Å². The monoisotopic (exact) mass is 377 g/mol. The molecule has 1 unspecified atom stereocenters. The Morgan fingerprint density at radius 3 is 2.61 bits per heavy atom. The van der Waals surface area contributed by atoms with Crippen molar-refractivity contribution >= 4 is 34.1 Å². The van der Waals surface area contributed by atoms with Crippen molar-refractivity contribution in [3.8, 4) is 5.75 Å². The number of carbonyl (C=O) groups is 2. The molecule has 6 nitrogen and oxygen atoms in total. The number of amides is 2. The standard InChI is InChI=1S/C22H23N3O3/c1-13-4-11-20(26)25(13)16-7-5-15(6-8-16)23-22(27)21-14(2)18-12-17(28-3)9-10-19(18)24-21/h5-10,12-13,24H,4,11H2,1-3H3,(H,23,27). The van der Waals surface area contributed by atoms with Crippen molar-refractivity contribution in [2.75, 3.05) is 17.3 Å². The number of rotatable bonds is 4. The number of aromatic amines is 1. The van der Waals surface area contributed by atoms with E-state index in [0.29, 0.717) is 17.8 Å². The molecular formula is C22H23N3O3. The van der Waals surface area contributed by atoms with Gasteiger partial charge in [0.05, 0.1) is 7.11 Å². The van der Waals surface area contributed by atoms with Gasteiger partial charge in [0.1, 0.15) is 11.4 Å². The van der Waals surface area contributed by atoms with Gasteiger partial charge in [-0.15, -0.1) is 0 Å². The Bertz CT molecular complexity index is 1050. The van der Waals surface area contributed by atoms with Gasteiger partial charge in [0.2, 0.25) is 5.91 Å². The zero-order valence-corrected chi connectivity index (χ0v) is 16.2. The van der Waals surface area contributed by atoms with Crippen LogP contribution < -0.4 is 15.0 Å². The van der Waals surface area contributed by atoms with Crippen LogP contribution in [0.5, 0.6) is 5.75 Å². The molecule has 1 atom stereocenters. The molecule has 0 radical (unpaired) electrons. The SMILES string of the molecule is COc1ccc2[nH]c(C(=O)Nc3ccc(N4C(=O)CCC4C)cc3)c(C)c2c1. The van der Waals surface area contributed by atoms with Gasteiger partial charge in [-0.2, -0.15) is 0 Å². The molecule has 2 aromatic carbocycles. The third kappa shape index (κ3) is 3.11. The van der Waals surface area contributed by atoms with Gasteiger partial charge in [0, 0.05) is 34.7 Å². The van der Waals surface area contributed by atoms with Gasteiger partial charge in [-0.05, 0) is 68.3 Å². The molecule has 1 aliphatic rings. The number of ether oxygens (including phenoxy) is 1. The maximum absolute atomic E-state index is 12.8. The molecule has 28 heavy (non-hydrogen) atoms. The summed E-state index contributed by atoms with van der Waals surface area (Å²) in [6.45, 7) is 3.96. The van der Waals surface area contributed by atoms with E-state index in [1.165, 1.54) is 0 Å². The van der Waals surface area contributed by atoms with Crippen LogP contribution in [0.3, 0.4) is 0 Å². The highest BCUT2D eigenvalue weighted by Crippen LogP contribution is 2.29. The van der Waals surface area contributed by atoms with Gasteiger partial charge >= 0.3 is 0 Å². The van der Waals surface area contributed by atoms with Crippen molar-refractivity contribution in [3.63, 3.8) is 0 Å². The molecule has 0 spiro atoms. The summed E-state index contributed by atoms with van der Waals surface area (Å²) in [7, 11) is 1.62. The number of hydrogen-bond donors (Lipinski definition) is 2. The number of nitrogens with one attached hydrogen (secondary N) is 2. The quantitative estimate of drug-likeness (QED) is 0.714. The van der Waals surface area contributed by atoms with E-state index in [1.54, 1.807) is 7.11 Å². The zero-order valence-electron chi connectivity index (χ0n) is 16.2. The van der Waals surface area contributed by atoms with Gasteiger partial charge in [-0.3, -0.25) is 9.59 Å². The fraction of sp³-hybridized carbons (Fsp3) is 0.273. The summed E-state index contributed by atoms with van der Waals surface area (Å²) in [5.41, 5.74) is 3.83. The third-order valence-electron chi connectivity index (χ3n) is 5.38. The van der Waals surface area contributed by atoms with Crippen molar-refractivity contribution in [2.45, 2.75) is 32.7 Å². The van der Waals surface area contributed by atoms with Gasteiger partial charge in [0.15, 0.2) is 0 Å². The lowest BCUT2D eigenvalue weighted by molar-refractivity contribution is -0.117. The normalized spacial score (nSPS) is 16.6. The number of fused-ring (bicyclic) bond motifs is 1. The molecular weight excluding hydrogens is 354 g/mol. The van der Waals surface area contributed by atoms with E-state index < -0.39 is 0 Å². The Morgan fingerprint density at radius 1 is 1.21 bits per heavy atom. The summed E-state index contributed by atoms with van der Waals surface area (Å²) in [5.74, 6) is 0.697. The number of benzene rings is 2.